The molecule has 0 radical (unpaired) electrons. The molecule has 22 heavy (non-hydrogen) atoms. The van der Waals surface area contributed by atoms with E-state index in [-0.39, 0.29) is 11.9 Å². The maximum atomic E-state index is 12.0. The maximum Gasteiger partial charge on any atom is 0.220 e. The summed E-state index contributed by atoms with van der Waals surface area (Å²) in [4.78, 5) is 12.0. The van der Waals surface area contributed by atoms with E-state index in [0.29, 0.717) is 13.0 Å². The summed E-state index contributed by atoms with van der Waals surface area (Å²) in [5.41, 5.74) is 2.27. The maximum absolute atomic E-state index is 12.0. The van der Waals surface area contributed by atoms with Crippen molar-refractivity contribution < 1.29 is 9.53 Å². The lowest BCUT2D eigenvalue weighted by molar-refractivity contribution is -0.121. The third-order valence-electron chi connectivity index (χ3n) is 3.55. The van der Waals surface area contributed by atoms with Crippen LogP contribution in [-0.4, -0.2) is 12.5 Å². The monoisotopic (exact) mass is 297 g/mol. The van der Waals surface area contributed by atoms with Crippen molar-refractivity contribution in [2.75, 3.05) is 6.61 Å². The Labute approximate surface area is 132 Å². The number of ether oxygens (including phenoxy) is 1. The highest BCUT2D eigenvalue weighted by Gasteiger charge is 2.09. The summed E-state index contributed by atoms with van der Waals surface area (Å²) in [7, 11) is 0. The minimum absolute atomic E-state index is 0.000972. The van der Waals surface area contributed by atoms with E-state index in [0.717, 1.165) is 17.7 Å². The topological polar surface area (TPSA) is 38.3 Å². The lowest BCUT2D eigenvalue weighted by Gasteiger charge is -2.15. The predicted molar refractivity (Wildman–Crippen MR) is 88.9 cm³/mol. The van der Waals surface area contributed by atoms with Gasteiger partial charge in [0.25, 0.3) is 0 Å². The molecule has 116 valence electrons. The number of hydrogen-bond acceptors (Lipinski definition) is 2. The molecule has 1 N–H and O–H groups in total. The Balaban J connectivity index is 1.82. The molecule has 0 saturated heterocycles. The van der Waals surface area contributed by atoms with Crippen molar-refractivity contribution in [3.05, 3.63) is 65.7 Å². The molecule has 0 saturated carbocycles. The molecule has 0 heterocycles. The van der Waals surface area contributed by atoms with Crippen LogP contribution in [0.25, 0.3) is 0 Å². The van der Waals surface area contributed by atoms with Crippen LogP contribution in [0.3, 0.4) is 0 Å². The largest absolute Gasteiger partial charge is 0.494 e. The van der Waals surface area contributed by atoms with Crippen LogP contribution in [0, 0.1) is 0 Å². The van der Waals surface area contributed by atoms with Crippen molar-refractivity contribution in [3.8, 4) is 5.75 Å². The fourth-order valence-corrected chi connectivity index (χ4v) is 2.32. The van der Waals surface area contributed by atoms with E-state index >= 15 is 0 Å². The smallest absolute Gasteiger partial charge is 0.220 e. The van der Waals surface area contributed by atoms with Gasteiger partial charge < -0.3 is 10.1 Å². The summed E-state index contributed by atoms with van der Waals surface area (Å²) in [5.74, 6) is 0.930. The average molecular weight is 297 g/mol. The van der Waals surface area contributed by atoms with E-state index < -0.39 is 0 Å². The summed E-state index contributed by atoms with van der Waals surface area (Å²) in [6, 6.07) is 17.9. The van der Waals surface area contributed by atoms with Gasteiger partial charge in [0.05, 0.1) is 12.6 Å². The minimum atomic E-state index is -0.000972. The zero-order valence-corrected chi connectivity index (χ0v) is 13.2. The number of carbonyl (C=O) groups is 1. The number of carbonyl (C=O) groups excluding carboxylic acids is 1. The summed E-state index contributed by atoms with van der Waals surface area (Å²) in [5, 5.41) is 3.04. The van der Waals surface area contributed by atoms with Gasteiger partial charge in [0.1, 0.15) is 5.75 Å². The zero-order valence-electron chi connectivity index (χ0n) is 13.2. The molecule has 0 fully saturated rings. The second-order valence-corrected chi connectivity index (χ2v) is 5.28. The molecule has 1 atom stereocenters. The molecule has 3 nitrogen and oxygen atoms in total. The van der Waals surface area contributed by atoms with Gasteiger partial charge in [0, 0.05) is 6.42 Å². The molecule has 1 amide bonds. The quantitative estimate of drug-likeness (QED) is 0.842. The minimum Gasteiger partial charge on any atom is -0.494 e. The number of hydrogen-bond donors (Lipinski definition) is 1. The van der Waals surface area contributed by atoms with Crippen molar-refractivity contribution in [1.82, 2.24) is 5.32 Å². The fourth-order valence-electron chi connectivity index (χ4n) is 2.32. The third kappa shape index (κ3) is 4.92. The fraction of sp³-hybridized carbons (Fsp3) is 0.316. The highest BCUT2D eigenvalue weighted by molar-refractivity contribution is 5.76. The Morgan fingerprint density at radius 3 is 2.41 bits per heavy atom. The van der Waals surface area contributed by atoms with Crippen LogP contribution in [0.2, 0.25) is 0 Å². The van der Waals surface area contributed by atoms with E-state index in [9.17, 15) is 4.79 Å². The van der Waals surface area contributed by atoms with Gasteiger partial charge >= 0.3 is 0 Å². The predicted octanol–water partition coefficient (Wildman–Crippen LogP) is 3.90. The summed E-state index contributed by atoms with van der Waals surface area (Å²) < 4.78 is 5.42. The molecular formula is C19H23NO2. The number of amides is 1. The lowest BCUT2D eigenvalue weighted by Crippen LogP contribution is -2.26. The van der Waals surface area contributed by atoms with Crippen LogP contribution in [-0.2, 0) is 11.2 Å². The summed E-state index contributed by atoms with van der Waals surface area (Å²) in [6.07, 6.45) is 1.27. The van der Waals surface area contributed by atoms with Crippen LogP contribution in [0.1, 0.15) is 37.4 Å². The molecule has 0 aliphatic rings. The highest BCUT2D eigenvalue weighted by Crippen LogP contribution is 2.17. The van der Waals surface area contributed by atoms with Gasteiger partial charge in [0.2, 0.25) is 5.91 Å². The first-order chi connectivity index (χ1) is 10.7. The van der Waals surface area contributed by atoms with Crippen molar-refractivity contribution >= 4 is 5.91 Å². The van der Waals surface area contributed by atoms with Crippen LogP contribution in [0.15, 0.2) is 54.6 Å². The standard InChI is InChI=1S/C19H23NO2/c1-3-22-18-12-10-17(11-13-18)15(2)20-19(21)14-9-16-7-5-4-6-8-16/h4-8,10-13,15H,3,9,14H2,1-2H3,(H,20,21). The normalized spacial score (nSPS) is 11.7. The second-order valence-electron chi connectivity index (χ2n) is 5.28. The Bertz CT molecular complexity index is 578. The average Bonchev–Trinajstić information content (AvgIpc) is 2.55. The van der Waals surface area contributed by atoms with E-state index in [1.54, 1.807) is 0 Å². The SMILES string of the molecule is CCOc1ccc(C(C)NC(=O)CCc2ccccc2)cc1. The molecule has 0 bridgehead atoms. The molecule has 0 aromatic heterocycles. The number of rotatable bonds is 7. The van der Waals surface area contributed by atoms with E-state index in [4.69, 9.17) is 4.74 Å². The van der Waals surface area contributed by atoms with Crippen LogP contribution < -0.4 is 10.1 Å². The third-order valence-corrected chi connectivity index (χ3v) is 3.55. The first kappa shape index (κ1) is 16.1. The van der Waals surface area contributed by atoms with Crippen LogP contribution >= 0.6 is 0 Å². The molecular weight excluding hydrogens is 274 g/mol. The van der Waals surface area contributed by atoms with Gasteiger partial charge in [-0.15, -0.1) is 0 Å². The molecule has 2 aromatic rings. The van der Waals surface area contributed by atoms with Crippen molar-refractivity contribution in [1.29, 1.82) is 0 Å². The summed E-state index contributed by atoms with van der Waals surface area (Å²) in [6.45, 7) is 4.62. The Kier molecular flexibility index (Phi) is 6.01. The first-order valence-corrected chi connectivity index (χ1v) is 7.75. The van der Waals surface area contributed by atoms with Crippen molar-refractivity contribution in [3.63, 3.8) is 0 Å². The number of aryl methyl sites for hydroxylation is 1. The number of benzene rings is 2. The molecule has 3 heteroatoms. The first-order valence-electron chi connectivity index (χ1n) is 7.75. The number of nitrogens with one attached hydrogen (secondary N) is 1. The molecule has 1 unspecified atom stereocenters. The van der Waals surface area contributed by atoms with Gasteiger partial charge in [-0.2, -0.15) is 0 Å². The van der Waals surface area contributed by atoms with Gasteiger partial charge in [-0.1, -0.05) is 42.5 Å². The van der Waals surface area contributed by atoms with Crippen molar-refractivity contribution in [2.45, 2.75) is 32.7 Å². The molecule has 2 aromatic carbocycles. The molecule has 0 aliphatic carbocycles. The van der Waals surface area contributed by atoms with Gasteiger partial charge in [0.15, 0.2) is 0 Å². The Hall–Kier alpha value is -2.29. The van der Waals surface area contributed by atoms with E-state index in [2.05, 4.69) is 5.32 Å². The van der Waals surface area contributed by atoms with Gasteiger partial charge in [-0.3, -0.25) is 4.79 Å². The lowest BCUT2D eigenvalue weighted by atomic mass is 10.1. The Morgan fingerprint density at radius 1 is 1.09 bits per heavy atom. The molecule has 0 aliphatic heterocycles. The Morgan fingerprint density at radius 2 is 1.77 bits per heavy atom. The van der Waals surface area contributed by atoms with Crippen LogP contribution in [0.4, 0.5) is 0 Å². The summed E-state index contributed by atoms with van der Waals surface area (Å²) >= 11 is 0. The van der Waals surface area contributed by atoms with E-state index in [1.807, 2.05) is 68.4 Å². The van der Waals surface area contributed by atoms with Gasteiger partial charge in [-0.25, -0.2) is 0 Å². The highest BCUT2D eigenvalue weighted by atomic mass is 16.5. The van der Waals surface area contributed by atoms with Crippen molar-refractivity contribution in [2.24, 2.45) is 0 Å². The molecule has 0 spiro atoms. The zero-order chi connectivity index (χ0) is 15.8. The van der Waals surface area contributed by atoms with E-state index in [1.165, 1.54) is 5.56 Å². The van der Waals surface area contributed by atoms with Crippen LogP contribution in [0.5, 0.6) is 5.75 Å². The van der Waals surface area contributed by atoms with Gasteiger partial charge in [-0.05, 0) is 43.5 Å². The second kappa shape index (κ2) is 8.23. The molecule has 2 rings (SSSR count).